The minimum Gasteiger partial charge on any atom is -0.376 e. The predicted octanol–water partition coefficient (Wildman–Crippen LogP) is 4.67. The molecule has 4 aromatic rings. The lowest BCUT2D eigenvalue weighted by Crippen LogP contribution is -2.22. The number of hydrogen-bond acceptors (Lipinski definition) is 6. The summed E-state index contributed by atoms with van der Waals surface area (Å²) in [5.74, 6) is 0. The van der Waals surface area contributed by atoms with Crippen molar-refractivity contribution in [2.24, 2.45) is 0 Å². The van der Waals surface area contributed by atoms with Crippen LogP contribution in [0, 0.1) is 0 Å². The van der Waals surface area contributed by atoms with Crippen LogP contribution in [0.25, 0.3) is 16.3 Å². The first kappa shape index (κ1) is 18.6. The Morgan fingerprint density at radius 3 is 2.50 bits per heavy atom. The summed E-state index contributed by atoms with van der Waals surface area (Å²) in [4.78, 5) is 12.5. The molecule has 4 rings (SSSR count). The van der Waals surface area contributed by atoms with Gasteiger partial charge in [0.25, 0.3) is 5.56 Å². The summed E-state index contributed by atoms with van der Waals surface area (Å²) >= 11 is 13.6. The highest BCUT2D eigenvalue weighted by atomic mass is 35.5. The zero-order valence-electron chi connectivity index (χ0n) is 14.3. The van der Waals surface area contributed by atoms with Gasteiger partial charge in [0.15, 0.2) is 0 Å². The highest BCUT2D eigenvalue weighted by molar-refractivity contribution is 7.14. The summed E-state index contributed by atoms with van der Waals surface area (Å²) < 4.78 is 1.22. The van der Waals surface area contributed by atoms with Crippen molar-refractivity contribution in [3.8, 4) is 16.3 Å². The van der Waals surface area contributed by atoms with Crippen LogP contribution in [-0.2, 0) is 6.54 Å². The van der Waals surface area contributed by atoms with E-state index in [2.05, 4.69) is 20.6 Å². The first-order valence-corrected chi connectivity index (χ1v) is 9.84. The Bertz CT molecular complexity index is 1160. The van der Waals surface area contributed by atoms with Crippen molar-refractivity contribution in [1.29, 1.82) is 0 Å². The molecule has 0 aliphatic heterocycles. The highest BCUT2D eigenvalue weighted by Gasteiger charge is 2.12. The number of nitrogens with zero attached hydrogens (tertiary/aromatic N) is 4. The fraction of sp³-hybridized carbons (Fsp3) is 0.0526. The summed E-state index contributed by atoms with van der Waals surface area (Å²) in [5.41, 5.74) is 1.61. The molecule has 0 aliphatic rings. The Balaban J connectivity index is 1.51. The number of hydrogen-bond donors (Lipinski definition) is 1. The van der Waals surface area contributed by atoms with Gasteiger partial charge in [0.05, 0.1) is 24.1 Å². The van der Waals surface area contributed by atoms with Crippen LogP contribution >= 0.6 is 34.5 Å². The molecule has 0 amide bonds. The molecule has 0 radical (unpaired) electrons. The minimum atomic E-state index is -0.420. The van der Waals surface area contributed by atoms with E-state index in [0.717, 1.165) is 15.6 Å². The van der Waals surface area contributed by atoms with E-state index in [9.17, 15) is 4.79 Å². The number of aromatic nitrogens is 4. The van der Waals surface area contributed by atoms with Crippen molar-refractivity contribution in [1.82, 2.24) is 20.0 Å². The van der Waals surface area contributed by atoms with Gasteiger partial charge in [-0.05, 0) is 24.3 Å². The van der Waals surface area contributed by atoms with Crippen LogP contribution in [0.3, 0.4) is 0 Å². The van der Waals surface area contributed by atoms with Gasteiger partial charge in [0, 0.05) is 10.6 Å². The smallest absolute Gasteiger partial charge is 0.292 e. The maximum absolute atomic E-state index is 12.5. The molecule has 0 spiro atoms. The molecule has 1 N–H and O–H groups in total. The molecule has 0 unspecified atom stereocenters. The molecular formula is C19H13Cl2N5OS. The van der Waals surface area contributed by atoms with E-state index in [4.69, 9.17) is 23.2 Å². The number of anilines is 1. The maximum Gasteiger partial charge on any atom is 0.292 e. The van der Waals surface area contributed by atoms with Crippen molar-refractivity contribution in [2.45, 2.75) is 6.54 Å². The summed E-state index contributed by atoms with van der Waals surface area (Å²) in [6.07, 6.45) is 1.51. The molecule has 0 bridgehead atoms. The number of halogens is 2. The molecule has 0 fully saturated rings. The number of rotatable bonds is 5. The van der Waals surface area contributed by atoms with Crippen molar-refractivity contribution >= 4 is 40.2 Å². The molecule has 28 heavy (non-hydrogen) atoms. The second-order valence-corrected chi connectivity index (χ2v) is 7.66. The van der Waals surface area contributed by atoms with Crippen molar-refractivity contribution < 1.29 is 0 Å². The van der Waals surface area contributed by atoms with Crippen molar-refractivity contribution in [3.05, 3.63) is 86.2 Å². The van der Waals surface area contributed by atoms with Gasteiger partial charge in [-0.25, -0.2) is 0 Å². The van der Waals surface area contributed by atoms with Crippen LogP contribution in [0.15, 0.2) is 65.6 Å². The molecule has 140 valence electrons. The van der Waals surface area contributed by atoms with Crippen LogP contribution in [0.5, 0.6) is 0 Å². The highest BCUT2D eigenvalue weighted by Crippen LogP contribution is 2.24. The van der Waals surface area contributed by atoms with E-state index in [1.54, 1.807) is 24.3 Å². The van der Waals surface area contributed by atoms with Gasteiger partial charge in [-0.3, -0.25) is 4.79 Å². The van der Waals surface area contributed by atoms with Gasteiger partial charge in [-0.1, -0.05) is 64.9 Å². The second-order valence-electron chi connectivity index (χ2n) is 5.79. The SMILES string of the molecule is O=c1c(Cl)c(NCc2nnc(-c3ccccc3)s2)cnn1-c1ccc(Cl)cc1. The summed E-state index contributed by atoms with van der Waals surface area (Å²) in [7, 11) is 0. The molecule has 0 atom stereocenters. The fourth-order valence-corrected chi connectivity index (χ4v) is 3.62. The molecule has 9 heteroatoms. The van der Waals surface area contributed by atoms with E-state index < -0.39 is 5.56 Å². The van der Waals surface area contributed by atoms with Crippen molar-refractivity contribution in [2.75, 3.05) is 5.32 Å². The third-order valence-corrected chi connectivity index (χ3v) is 5.50. The predicted molar refractivity (Wildman–Crippen MR) is 113 cm³/mol. The quantitative estimate of drug-likeness (QED) is 0.498. The summed E-state index contributed by atoms with van der Waals surface area (Å²) in [6, 6.07) is 16.6. The molecule has 2 heterocycles. The Morgan fingerprint density at radius 2 is 1.75 bits per heavy atom. The van der Waals surface area contributed by atoms with Gasteiger partial charge < -0.3 is 5.32 Å². The third kappa shape index (κ3) is 3.91. The van der Waals surface area contributed by atoms with Crippen LogP contribution < -0.4 is 10.9 Å². The Hall–Kier alpha value is -2.74. The first-order chi connectivity index (χ1) is 13.6. The lowest BCUT2D eigenvalue weighted by Gasteiger charge is -2.09. The molecule has 0 saturated heterocycles. The summed E-state index contributed by atoms with van der Waals surface area (Å²) in [5, 5.41) is 17.9. The van der Waals surface area contributed by atoms with Crippen LogP contribution in [0.1, 0.15) is 5.01 Å². The number of benzene rings is 2. The van der Waals surface area contributed by atoms with E-state index in [0.29, 0.717) is 22.9 Å². The van der Waals surface area contributed by atoms with Crippen LogP contribution in [0.4, 0.5) is 5.69 Å². The molecular weight excluding hydrogens is 417 g/mol. The number of nitrogens with one attached hydrogen (secondary N) is 1. The monoisotopic (exact) mass is 429 g/mol. The first-order valence-electron chi connectivity index (χ1n) is 8.27. The van der Waals surface area contributed by atoms with E-state index >= 15 is 0 Å². The maximum atomic E-state index is 12.5. The van der Waals surface area contributed by atoms with Gasteiger partial charge in [-0.15, -0.1) is 10.2 Å². The van der Waals surface area contributed by atoms with Crippen molar-refractivity contribution in [3.63, 3.8) is 0 Å². The zero-order valence-corrected chi connectivity index (χ0v) is 16.7. The topological polar surface area (TPSA) is 72.7 Å². The molecule has 2 aromatic heterocycles. The van der Waals surface area contributed by atoms with E-state index in [1.807, 2.05) is 30.3 Å². The van der Waals surface area contributed by atoms with E-state index in [1.165, 1.54) is 22.2 Å². The minimum absolute atomic E-state index is 0.0535. The molecule has 0 aliphatic carbocycles. The third-order valence-electron chi connectivity index (χ3n) is 3.91. The lowest BCUT2D eigenvalue weighted by atomic mass is 10.2. The van der Waals surface area contributed by atoms with Gasteiger partial charge in [0.2, 0.25) is 0 Å². The lowest BCUT2D eigenvalue weighted by molar-refractivity contribution is 0.807. The Kier molecular flexibility index (Phi) is 5.38. The van der Waals surface area contributed by atoms with Gasteiger partial charge in [-0.2, -0.15) is 9.78 Å². The molecule has 0 saturated carbocycles. The van der Waals surface area contributed by atoms with Crippen LogP contribution in [-0.4, -0.2) is 20.0 Å². The zero-order chi connectivity index (χ0) is 19.5. The summed E-state index contributed by atoms with van der Waals surface area (Å²) in [6.45, 7) is 0.385. The average Bonchev–Trinajstić information content (AvgIpc) is 3.20. The Labute approximate surface area is 174 Å². The fourth-order valence-electron chi connectivity index (χ4n) is 2.52. The second kappa shape index (κ2) is 8.10. The largest absolute Gasteiger partial charge is 0.376 e. The van der Waals surface area contributed by atoms with Gasteiger partial charge in [0.1, 0.15) is 15.0 Å². The van der Waals surface area contributed by atoms with E-state index in [-0.39, 0.29) is 5.02 Å². The molecule has 2 aromatic carbocycles. The van der Waals surface area contributed by atoms with Crippen LogP contribution in [0.2, 0.25) is 10.0 Å². The average molecular weight is 430 g/mol. The standard InChI is InChI=1S/C19H13Cl2N5OS/c20-13-6-8-14(9-7-13)26-19(27)17(21)15(10-23-26)22-11-16-24-25-18(28-16)12-4-2-1-3-5-12/h1-10,22H,11H2. The Morgan fingerprint density at radius 1 is 1.00 bits per heavy atom. The molecule has 6 nitrogen and oxygen atoms in total. The normalized spacial score (nSPS) is 10.8. The van der Waals surface area contributed by atoms with Gasteiger partial charge >= 0.3 is 0 Å².